The molecule has 0 aromatic heterocycles. The van der Waals surface area contributed by atoms with Crippen LogP contribution in [0, 0.1) is 6.92 Å². The highest BCUT2D eigenvalue weighted by atomic mass is 35.5. The van der Waals surface area contributed by atoms with E-state index in [1.807, 2.05) is 43.3 Å². The standard InChI is InChI=1S/C24H23ClF3N/c1-6-19(24(26,27)28)14-21(25)17(4)16(3)13-22(29-5)23-15(2)11-12-18-9-7-8-10-20(18)23/h6-12,14H,3-4,13H2,1-2,5H3/b19-6+,21-14+,29-22?. The Labute approximate surface area is 174 Å². The molecule has 0 spiro atoms. The van der Waals surface area contributed by atoms with Gasteiger partial charge in [0.2, 0.25) is 0 Å². The SMILES string of the molecule is C=C(CC(=NC)c1c(C)ccc2ccccc12)C(=C)/C(Cl)=C\C(=C/C)C(F)(F)F. The molecule has 0 aliphatic carbocycles. The van der Waals surface area contributed by atoms with Gasteiger partial charge < -0.3 is 0 Å². The number of benzene rings is 2. The van der Waals surface area contributed by atoms with Crippen molar-refractivity contribution in [3.8, 4) is 0 Å². The van der Waals surface area contributed by atoms with Crippen LogP contribution in [0.25, 0.3) is 10.8 Å². The first-order valence-corrected chi connectivity index (χ1v) is 9.40. The highest BCUT2D eigenvalue weighted by molar-refractivity contribution is 6.32. The maximum absolute atomic E-state index is 13.0. The average Bonchev–Trinajstić information content (AvgIpc) is 2.68. The van der Waals surface area contributed by atoms with Crippen molar-refractivity contribution < 1.29 is 13.2 Å². The number of aryl methyl sites for hydroxylation is 1. The van der Waals surface area contributed by atoms with E-state index < -0.39 is 11.7 Å². The zero-order chi connectivity index (χ0) is 21.8. The Morgan fingerprint density at radius 2 is 1.79 bits per heavy atom. The van der Waals surface area contributed by atoms with E-state index >= 15 is 0 Å². The number of alkyl halides is 3. The fourth-order valence-electron chi connectivity index (χ4n) is 3.07. The van der Waals surface area contributed by atoms with Gasteiger partial charge in [0.25, 0.3) is 0 Å². The molecule has 0 aliphatic heterocycles. The fraction of sp³-hybridized carbons (Fsp3) is 0.208. The highest BCUT2D eigenvalue weighted by Crippen LogP contribution is 2.32. The second-order valence-corrected chi connectivity index (χ2v) is 7.05. The lowest BCUT2D eigenvalue weighted by molar-refractivity contribution is -0.0883. The van der Waals surface area contributed by atoms with Gasteiger partial charge in [-0.05, 0) is 47.4 Å². The highest BCUT2D eigenvalue weighted by Gasteiger charge is 2.31. The van der Waals surface area contributed by atoms with Gasteiger partial charge in [-0.25, -0.2) is 0 Å². The molecular weight excluding hydrogens is 395 g/mol. The molecule has 0 radical (unpaired) electrons. The minimum atomic E-state index is -4.48. The quantitative estimate of drug-likeness (QED) is 0.337. The maximum Gasteiger partial charge on any atom is 0.416 e. The molecular formula is C24H23ClF3N. The number of rotatable bonds is 6. The van der Waals surface area contributed by atoms with Crippen LogP contribution in [0.1, 0.15) is 24.5 Å². The Morgan fingerprint density at radius 1 is 1.14 bits per heavy atom. The molecule has 0 aliphatic rings. The zero-order valence-corrected chi connectivity index (χ0v) is 17.5. The van der Waals surface area contributed by atoms with Crippen LogP contribution in [-0.4, -0.2) is 18.9 Å². The molecule has 0 N–H and O–H groups in total. The van der Waals surface area contributed by atoms with Crippen LogP contribution in [0.15, 0.2) is 88.5 Å². The smallest absolute Gasteiger partial charge is 0.292 e. The summed E-state index contributed by atoms with van der Waals surface area (Å²) < 4.78 is 38.9. The molecule has 0 saturated heterocycles. The first-order valence-electron chi connectivity index (χ1n) is 9.02. The molecule has 29 heavy (non-hydrogen) atoms. The van der Waals surface area contributed by atoms with Crippen molar-refractivity contribution in [1.82, 2.24) is 0 Å². The first-order chi connectivity index (χ1) is 13.6. The van der Waals surface area contributed by atoms with Gasteiger partial charge in [-0.3, -0.25) is 4.99 Å². The molecule has 152 valence electrons. The third kappa shape index (κ3) is 5.27. The van der Waals surface area contributed by atoms with Gasteiger partial charge in [0.05, 0.1) is 5.57 Å². The topological polar surface area (TPSA) is 12.4 Å². The summed E-state index contributed by atoms with van der Waals surface area (Å²) in [4.78, 5) is 4.43. The minimum absolute atomic E-state index is 0.0921. The Hall–Kier alpha value is -2.59. The summed E-state index contributed by atoms with van der Waals surface area (Å²) in [6, 6.07) is 12.0. The van der Waals surface area contributed by atoms with Gasteiger partial charge >= 0.3 is 6.18 Å². The number of nitrogens with zero attached hydrogens (tertiary/aromatic N) is 1. The molecule has 0 heterocycles. The van der Waals surface area contributed by atoms with E-state index in [0.717, 1.165) is 39.8 Å². The van der Waals surface area contributed by atoms with Crippen LogP contribution in [-0.2, 0) is 0 Å². The van der Waals surface area contributed by atoms with Gasteiger partial charge in [0.15, 0.2) is 0 Å². The Balaban J connectivity index is 2.35. The lowest BCUT2D eigenvalue weighted by atomic mass is 9.91. The molecule has 0 unspecified atom stereocenters. The summed E-state index contributed by atoms with van der Waals surface area (Å²) in [5, 5.41) is 2.05. The molecule has 0 fully saturated rings. The average molecular weight is 418 g/mol. The van der Waals surface area contributed by atoms with Crippen LogP contribution in [0.5, 0.6) is 0 Å². The predicted octanol–water partition coefficient (Wildman–Crippen LogP) is 7.70. The van der Waals surface area contributed by atoms with Crippen molar-refractivity contribution >= 4 is 28.1 Å². The van der Waals surface area contributed by atoms with Crippen molar-refractivity contribution in [1.29, 1.82) is 0 Å². The molecule has 0 saturated carbocycles. The summed E-state index contributed by atoms with van der Waals surface area (Å²) in [5.74, 6) is 0. The molecule has 0 amide bonds. The van der Waals surface area contributed by atoms with E-state index in [0.29, 0.717) is 12.0 Å². The fourth-order valence-corrected chi connectivity index (χ4v) is 3.32. The number of aliphatic imine (C=N–C) groups is 1. The van der Waals surface area contributed by atoms with Crippen LogP contribution < -0.4 is 0 Å². The second kappa shape index (κ2) is 9.27. The Morgan fingerprint density at radius 3 is 2.38 bits per heavy atom. The molecule has 5 heteroatoms. The Kier molecular flexibility index (Phi) is 7.26. The molecule has 0 atom stereocenters. The molecule has 2 aromatic carbocycles. The van der Waals surface area contributed by atoms with Crippen molar-refractivity contribution in [2.45, 2.75) is 26.4 Å². The van der Waals surface area contributed by atoms with Crippen molar-refractivity contribution in [3.63, 3.8) is 0 Å². The summed E-state index contributed by atoms with van der Waals surface area (Å²) in [7, 11) is 1.69. The van der Waals surface area contributed by atoms with E-state index in [1.54, 1.807) is 7.05 Å². The van der Waals surface area contributed by atoms with Crippen LogP contribution in [0.4, 0.5) is 13.2 Å². The summed E-state index contributed by atoms with van der Waals surface area (Å²) in [5.41, 5.74) is 2.76. The maximum atomic E-state index is 13.0. The monoisotopic (exact) mass is 417 g/mol. The number of hydrogen-bond donors (Lipinski definition) is 0. The third-order valence-corrected chi connectivity index (χ3v) is 5.05. The first kappa shape index (κ1) is 22.7. The van der Waals surface area contributed by atoms with Crippen LogP contribution >= 0.6 is 11.6 Å². The van der Waals surface area contributed by atoms with E-state index in [-0.39, 0.29) is 10.6 Å². The summed E-state index contributed by atoms with van der Waals surface area (Å²) in [6.45, 7) is 11.1. The van der Waals surface area contributed by atoms with Gasteiger partial charge in [-0.1, -0.05) is 67.2 Å². The minimum Gasteiger partial charge on any atom is -0.292 e. The lowest BCUT2D eigenvalue weighted by Gasteiger charge is -2.16. The van der Waals surface area contributed by atoms with Gasteiger partial charge in [-0.2, -0.15) is 13.2 Å². The Bertz CT molecular complexity index is 1040. The summed E-state index contributed by atoms with van der Waals surface area (Å²) >= 11 is 6.12. The van der Waals surface area contributed by atoms with E-state index in [4.69, 9.17) is 11.6 Å². The van der Waals surface area contributed by atoms with Gasteiger partial charge in [0.1, 0.15) is 0 Å². The van der Waals surface area contributed by atoms with E-state index in [2.05, 4.69) is 18.2 Å². The number of halogens is 4. The molecule has 1 nitrogen and oxygen atoms in total. The van der Waals surface area contributed by atoms with Crippen molar-refractivity contribution in [3.05, 3.63) is 94.6 Å². The van der Waals surface area contributed by atoms with Gasteiger partial charge in [-0.15, -0.1) is 0 Å². The van der Waals surface area contributed by atoms with Crippen LogP contribution in [0.2, 0.25) is 0 Å². The largest absolute Gasteiger partial charge is 0.416 e. The number of fused-ring (bicyclic) bond motifs is 1. The van der Waals surface area contributed by atoms with E-state index in [9.17, 15) is 13.2 Å². The third-order valence-electron chi connectivity index (χ3n) is 4.71. The molecule has 2 aromatic rings. The van der Waals surface area contributed by atoms with Crippen molar-refractivity contribution in [2.75, 3.05) is 7.05 Å². The summed E-state index contributed by atoms with van der Waals surface area (Å²) in [6.07, 6.45) is -2.31. The second-order valence-electron chi connectivity index (χ2n) is 6.64. The van der Waals surface area contributed by atoms with Crippen LogP contribution in [0.3, 0.4) is 0 Å². The lowest BCUT2D eigenvalue weighted by Crippen LogP contribution is -2.10. The van der Waals surface area contributed by atoms with E-state index in [1.165, 1.54) is 6.92 Å². The molecule has 2 rings (SSSR count). The number of hydrogen-bond acceptors (Lipinski definition) is 1. The van der Waals surface area contributed by atoms with Gasteiger partial charge in [0, 0.05) is 29.8 Å². The zero-order valence-electron chi connectivity index (χ0n) is 16.7. The normalized spacial score (nSPS) is 13.7. The molecule has 0 bridgehead atoms. The van der Waals surface area contributed by atoms with Crippen molar-refractivity contribution in [2.24, 2.45) is 4.99 Å². The predicted molar refractivity (Wildman–Crippen MR) is 118 cm³/mol. The number of allylic oxidation sites excluding steroid dienone is 6.